The molecule has 0 unspecified atom stereocenters. The molecule has 2 aromatic heterocycles. The average Bonchev–Trinajstić information content (AvgIpc) is 3.02. The fourth-order valence-corrected chi connectivity index (χ4v) is 3.14. The van der Waals surface area contributed by atoms with Crippen molar-refractivity contribution in [3.8, 4) is 10.4 Å². The molecule has 1 amide bonds. The number of cyclic esters (lactones) is 1. The van der Waals surface area contributed by atoms with Crippen LogP contribution in [-0.4, -0.2) is 29.1 Å². The zero-order valence-electron chi connectivity index (χ0n) is 10.9. The number of ether oxygens (including phenoxy) is 1. The van der Waals surface area contributed by atoms with Crippen molar-refractivity contribution in [2.75, 3.05) is 13.2 Å². The quantitative estimate of drug-likeness (QED) is 0.868. The van der Waals surface area contributed by atoms with Gasteiger partial charge in [0.1, 0.15) is 6.61 Å². The second kappa shape index (κ2) is 5.42. The maximum atomic E-state index is 11.5. The molecule has 0 aromatic carbocycles. The summed E-state index contributed by atoms with van der Waals surface area (Å²) in [5, 5.41) is 0. The largest absolute Gasteiger partial charge is 0.448 e. The molecule has 0 aliphatic carbocycles. The van der Waals surface area contributed by atoms with Gasteiger partial charge in [0.15, 0.2) is 0 Å². The van der Waals surface area contributed by atoms with E-state index in [1.807, 2.05) is 25.3 Å². The Labute approximate surface area is 126 Å². The molecule has 4 nitrogen and oxygen atoms in total. The van der Waals surface area contributed by atoms with Gasteiger partial charge in [-0.25, -0.2) is 4.79 Å². The number of rotatable bonds is 3. The number of aromatic nitrogens is 1. The minimum Gasteiger partial charge on any atom is -0.448 e. The van der Waals surface area contributed by atoms with Crippen LogP contribution in [0.3, 0.4) is 0 Å². The van der Waals surface area contributed by atoms with Crippen LogP contribution < -0.4 is 0 Å². The number of hydrogen-bond donors (Lipinski definition) is 0. The predicted molar refractivity (Wildman–Crippen MR) is 79.1 cm³/mol. The summed E-state index contributed by atoms with van der Waals surface area (Å²) < 4.78 is 5.70. The fraction of sp³-hybridized carbons (Fsp3) is 0.286. The van der Waals surface area contributed by atoms with Gasteiger partial charge in [-0.15, -0.1) is 11.3 Å². The highest BCUT2D eigenvalue weighted by Crippen LogP contribution is 2.31. The highest BCUT2D eigenvalue weighted by atomic mass is 35.5. The summed E-state index contributed by atoms with van der Waals surface area (Å²) in [5.41, 5.74) is 2.98. The van der Waals surface area contributed by atoms with Crippen LogP contribution in [0, 0.1) is 6.92 Å². The molecule has 3 heterocycles. The van der Waals surface area contributed by atoms with Crippen LogP contribution in [0.5, 0.6) is 0 Å². The number of thiophene rings is 1. The Bertz CT molecular complexity index is 656. The van der Waals surface area contributed by atoms with E-state index in [0.717, 1.165) is 26.0 Å². The van der Waals surface area contributed by atoms with E-state index in [0.29, 0.717) is 19.7 Å². The van der Waals surface area contributed by atoms with Crippen LogP contribution >= 0.6 is 22.9 Å². The Hall–Kier alpha value is -1.59. The lowest BCUT2D eigenvalue weighted by atomic mass is 10.1. The summed E-state index contributed by atoms with van der Waals surface area (Å²) in [5.74, 6) is 0. The molecule has 6 heteroatoms. The Balaban J connectivity index is 1.88. The van der Waals surface area contributed by atoms with Gasteiger partial charge in [-0.1, -0.05) is 11.6 Å². The fourth-order valence-electron chi connectivity index (χ4n) is 2.12. The Morgan fingerprint density at radius 2 is 2.35 bits per heavy atom. The highest BCUT2D eigenvalue weighted by Gasteiger charge is 2.22. The summed E-state index contributed by atoms with van der Waals surface area (Å²) in [6.45, 7) is 3.57. The zero-order valence-corrected chi connectivity index (χ0v) is 12.5. The number of halogens is 1. The number of carbonyl (C=O) groups is 1. The minimum atomic E-state index is -0.256. The van der Waals surface area contributed by atoms with E-state index in [1.165, 1.54) is 11.3 Å². The van der Waals surface area contributed by atoms with E-state index in [-0.39, 0.29) is 6.09 Å². The summed E-state index contributed by atoms with van der Waals surface area (Å²) in [7, 11) is 0. The molecule has 104 valence electrons. The average molecular weight is 309 g/mol. The second-order valence-electron chi connectivity index (χ2n) is 4.61. The van der Waals surface area contributed by atoms with E-state index >= 15 is 0 Å². The van der Waals surface area contributed by atoms with Crippen LogP contribution in [0.4, 0.5) is 4.79 Å². The molecular formula is C14H13ClN2O2S. The van der Waals surface area contributed by atoms with Crippen LogP contribution in [-0.2, 0) is 11.3 Å². The summed E-state index contributed by atoms with van der Waals surface area (Å²) in [6.07, 6.45) is 1.58. The van der Waals surface area contributed by atoms with Crippen molar-refractivity contribution < 1.29 is 9.53 Å². The Morgan fingerprint density at radius 3 is 3.00 bits per heavy atom. The second-order valence-corrected chi connectivity index (χ2v) is 6.32. The van der Waals surface area contributed by atoms with Crippen molar-refractivity contribution >= 4 is 29.0 Å². The molecule has 1 aliphatic heterocycles. The van der Waals surface area contributed by atoms with Crippen LogP contribution in [0.15, 0.2) is 24.4 Å². The molecule has 1 aliphatic rings. The Kier molecular flexibility index (Phi) is 3.63. The zero-order chi connectivity index (χ0) is 14.1. The van der Waals surface area contributed by atoms with E-state index in [1.54, 1.807) is 4.90 Å². The molecular weight excluding hydrogens is 296 g/mol. The van der Waals surface area contributed by atoms with Crippen molar-refractivity contribution in [3.05, 3.63) is 40.0 Å². The van der Waals surface area contributed by atoms with Gasteiger partial charge >= 0.3 is 6.09 Å². The van der Waals surface area contributed by atoms with Crippen molar-refractivity contribution in [1.29, 1.82) is 0 Å². The number of carbonyl (C=O) groups excluding carboxylic acids is 1. The van der Waals surface area contributed by atoms with Crippen molar-refractivity contribution in [2.24, 2.45) is 0 Å². The van der Waals surface area contributed by atoms with Crippen LogP contribution in [0.25, 0.3) is 10.4 Å². The third-order valence-electron chi connectivity index (χ3n) is 3.26. The molecule has 1 fully saturated rings. The smallest absolute Gasteiger partial charge is 0.410 e. The van der Waals surface area contributed by atoms with E-state index in [4.69, 9.17) is 16.3 Å². The van der Waals surface area contributed by atoms with Gasteiger partial charge in [0.25, 0.3) is 0 Å². The van der Waals surface area contributed by atoms with E-state index in [2.05, 4.69) is 11.1 Å². The minimum absolute atomic E-state index is 0.256. The third kappa shape index (κ3) is 2.64. The SMILES string of the molecule is Cc1ncc(-c2ccc(Cl)s2)cc1CN1CCOC1=O. The molecule has 1 saturated heterocycles. The van der Waals surface area contributed by atoms with E-state index in [9.17, 15) is 4.79 Å². The lowest BCUT2D eigenvalue weighted by Gasteiger charge is -2.14. The summed E-state index contributed by atoms with van der Waals surface area (Å²) >= 11 is 7.49. The lowest BCUT2D eigenvalue weighted by molar-refractivity contribution is 0.157. The first-order valence-electron chi connectivity index (χ1n) is 6.26. The maximum absolute atomic E-state index is 11.5. The first kappa shape index (κ1) is 13.4. The van der Waals surface area contributed by atoms with Crippen molar-refractivity contribution in [2.45, 2.75) is 13.5 Å². The van der Waals surface area contributed by atoms with Crippen molar-refractivity contribution in [3.63, 3.8) is 0 Å². The monoisotopic (exact) mass is 308 g/mol. The van der Waals surface area contributed by atoms with Gasteiger partial charge in [-0.3, -0.25) is 4.98 Å². The molecule has 0 bridgehead atoms. The normalized spacial score (nSPS) is 14.7. The first-order valence-corrected chi connectivity index (χ1v) is 7.46. The molecule has 0 saturated carbocycles. The molecule has 2 aromatic rings. The maximum Gasteiger partial charge on any atom is 0.410 e. The topological polar surface area (TPSA) is 42.4 Å². The van der Waals surface area contributed by atoms with Crippen LogP contribution in [0.1, 0.15) is 11.3 Å². The van der Waals surface area contributed by atoms with Gasteiger partial charge in [0.05, 0.1) is 17.4 Å². The van der Waals surface area contributed by atoms with Gasteiger partial charge in [0.2, 0.25) is 0 Å². The molecule has 0 atom stereocenters. The van der Waals surface area contributed by atoms with Gasteiger partial charge in [-0.2, -0.15) is 0 Å². The highest BCUT2D eigenvalue weighted by molar-refractivity contribution is 7.19. The number of hydrogen-bond acceptors (Lipinski definition) is 4. The number of pyridine rings is 1. The lowest BCUT2D eigenvalue weighted by Crippen LogP contribution is -2.24. The predicted octanol–water partition coefficient (Wildman–Crippen LogP) is 3.72. The summed E-state index contributed by atoms with van der Waals surface area (Å²) in [6, 6.07) is 5.92. The first-order chi connectivity index (χ1) is 9.63. The van der Waals surface area contributed by atoms with Gasteiger partial charge in [0, 0.05) is 22.3 Å². The number of nitrogens with zero attached hydrogens (tertiary/aromatic N) is 2. The molecule has 0 N–H and O–H groups in total. The number of aryl methyl sites for hydroxylation is 1. The summed E-state index contributed by atoms with van der Waals surface area (Å²) in [4.78, 5) is 18.7. The third-order valence-corrected chi connectivity index (χ3v) is 4.54. The van der Waals surface area contributed by atoms with Crippen LogP contribution in [0.2, 0.25) is 4.34 Å². The number of amides is 1. The molecule has 3 rings (SSSR count). The van der Waals surface area contributed by atoms with Crippen molar-refractivity contribution in [1.82, 2.24) is 9.88 Å². The van der Waals surface area contributed by atoms with Gasteiger partial charge in [-0.05, 0) is 30.7 Å². The van der Waals surface area contributed by atoms with Gasteiger partial charge < -0.3 is 9.64 Å². The molecule has 0 radical (unpaired) electrons. The molecule has 0 spiro atoms. The molecule has 20 heavy (non-hydrogen) atoms. The standard InChI is InChI=1S/C14H13ClN2O2S/c1-9-11(8-17-4-5-19-14(17)18)6-10(7-16-9)12-2-3-13(15)20-12/h2-3,6-7H,4-5,8H2,1H3. The van der Waals surface area contributed by atoms with E-state index < -0.39 is 0 Å². The Morgan fingerprint density at radius 1 is 1.50 bits per heavy atom.